The molecular formula is C53H46N4O7S6. The van der Waals surface area contributed by atoms with Crippen molar-refractivity contribution in [2.24, 2.45) is 0 Å². The van der Waals surface area contributed by atoms with Gasteiger partial charge in [-0.1, -0.05) is 0 Å². The zero-order valence-electron chi connectivity index (χ0n) is 40.0. The molecule has 0 radical (unpaired) electrons. The fraction of sp³-hybridized carbons (Fsp3) is 0.321. The molecule has 0 aromatic carbocycles. The summed E-state index contributed by atoms with van der Waals surface area (Å²) in [6.07, 6.45) is 0. The van der Waals surface area contributed by atoms with Crippen LogP contribution >= 0.6 is 68.0 Å². The minimum absolute atomic E-state index is 0.196. The number of nitrogens with zero attached hydrogens (tertiary/aromatic N) is 4. The van der Waals surface area contributed by atoms with Crippen molar-refractivity contribution in [2.45, 2.75) is 86.0 Å². The maximum absolute atomic E-state index is 14.8. The van der Waals surface area contributed by atoms with Crippen LogP contribution in [-0.2, 0) is 36.0 Å². The molecule has 7 aliphatic rings. The minimum Gasteiger partial charge on any atom is -0.482 e. The first-order chi connectivity index (χ1) is 33.4. The number of carbonyl (C=O) groups is 4. The number of rotatable bonds is 8. The van der Waals surface area contributed by atoms with Gasteiger partial charge in [-0.05, 0) is 104 Å². The van der Waals surface area contributed by atoms with Gasteiger partial charge in [0.05, 0.1) is 93.9 Å². The lowest BCUT2D eigenvalue weighted by atomic mass is 9.94. The molecule has 0 aliphatic carbocycles. The summed E-state index contributed by atoms with van der Waals surface area (Å²) in [5.74, 6) is 1.48. The minimum atomic E-state index is -0.796. The molecule has 0 saturated heterocycles. The summed E-state index contributed by atoms with van der Waals surface area (Å²) in [6.45, 7) is 21.6. The van der Waals surface area contributed by atoms with Crippen LogP contribution in [0.3, 0.4) is 0 Å². The smallest absolute Gasteiger partial charge is 0.261 e. The van der Waals surface area contributed by atoms with Gasteiger partial charge in [-0.2, -0.15) is 0 Å². The maximum atomic E-state index is 14.8. The monoisotopic (exact) mass is 1040 g/mol. The molecule has 0 saturated carbocycles. The van der Waals surface area contributed by atoms with E-state index in [4.69, 9.17) is 14.2 Å². The summed E-state index contributed by atoms with van der Waals surface area (Å²) in [6, 6.07) is 12.3. The van der Waals surface area contributed by atoms with Crippen LogP contribution in [0.5, 0.6) is 17.2 Å². The van der Waals surface area contributed by atoms with Gasteiger partial charge >= 0.3 is 0 Å². The van der Waals surface area contributed by atoms with Crippen LogP contribution in [-0.4, -0.2) is 69.4 Å². The van der Waals surface area contributed by atoms with Crippen molar-refractivity contribution >= 4 is 114 Å². The molecule has 0 N–H and O–H groups in total. The van der Waals surface area contributed by atoms with E-state index in [0.29, 0.717) is 77.0 Å². The third kappa shape index (κ3) is 5.69. The van der Waals surface area contributed by atoms with Gasteiger partial charge in [0.15, 0.2) is 0 Å². The van der Waals surface area contributed by atoms with E-state index in [-0.39, 0.29) is 23.6 Å². The molecule has 6 aromatic rings. The van der Waals surface area contributed by atoms with Gasteiger partial charge in [0, 0.05) is 55.0 Å². The Balaban J connectivity index is 0.941. The Kier molecular flexibility index (Phi) is 9.36. The first-order valence-electron chi connectivity index (χ1n) is 23.5. The van der Waals surface area contributed by atoms with Gasteiger partial charge in [0.1, 0.15) is 34.1 Å². The van der Waals surface area contributed by atoms with Gasteiger partial charge in [-0.3, -0.25) is 19.2 Å². The van der Waals surface area contributed by atoms with Crippen LogP contribution < -0.4 is 14.2 Å². The molecule has 13 rings (SSSR count). The molecular weight excluding hydrogens is 997 g/mol. The van der Waals surface area contributed by atoms with Crippen LogP contribution in [0.15, 0.2) is 69.5 Å². The predicted molar refractivity (Wildman–Crippen MR) is 281 cm³/mol. The first-order valence-corrected chi connectivity index (χ1v) is 28.5. The number of hydrogen-bond acceptors (Lipinski definition) is 13. The highest BCUT2D eigenvalue weighted by Gasteiger charge is 2.52. The predicted octanol–water partition coefficient (Wildman–Crippen LogP) is 12.6. The summed E-state index contributed by atoms with van der Waals surface area (Å²) in [7, 11) is 0. The number of hydrogen-bond donors (Lipinski definition) is 0. The summed E-state index contributed by atoms with van der Waals surface area (Å²) in [4.78, 5) is 75.7. The second-order valence-corrected chi connectivity index (χ2v) is 25.6. The van der Waals surface area contributed by atoms with Crippen LogP contribution in [0.4, 0.5) is 0 Å². The highest BCUT2D eigenvalue weighted by Crippen LogP contribution is 2.60. The lowest BCUT2D eigenvalue weighted by Crippen LogP contribution is -2.29. The van der Waals surface area contributed by atoms with E-state index in [1.165, 1.54) is 11.3 Å². The summed E-state index contributed by atoms with van der Waals surface area (Å²) in [5.41, 5.74) is 5.35. The van der Waals surface area contributed by atoms with Crippen LogP contribution in [0, 0.1) is 0 Å². The Hall–Kier alpha value is -5.56. The molecule has 70 heavy (non-hydrogen) atoms. The first kappa shape index (κ1) is 44.4. The lowest BCUT2D eigenvalue weighted by Gasteiger charge is -2.31. The molecule has 6 aromatic heterocycles. The molecule has 17 heteroatoms. The van der Waals surface area contributed by atoms with Crippen molar-refractivity contribution in [3.63, 3.8) is 0 Å². The summed E-state index contributed by atoms with van der Waals surface area (Å²) < 4.78 is 19.9. The second-order valence-electron chi connectivity index (χ2n) is 19.5. The average molecular weight is 1040 g/mol. The van der Waals surface area contributed by atoms with Crippen LogP contribution in [0.1, 0.15) is 105 Å². The van der Waals surface area contributed by atoms with Crippen molar-refractivity contribution in [2.75, 3.05) is 26.2 Å². The largest absolute Gasteiger partial charge is 0.482 e. The molecule has 11 nitrogen and oxygen atoms in total. The van der Waals surface area contributed by atoms with E-state index in [2.05, 4.69) is 51.3 Å². The standard InChI is InChI=1S/C53H46N4O7S6/c1-11-54-37(29-19-24-42(67-29)44-26(16-18-66-44)62-52(24,7)8)33-36(50(54)61)40(57(14-4)47(33)58)32-22-28-46(70-32)43-25(53(9,10)64-28)20-30(68-43)38-34-35(49(60)55(38)12-2)39(56(13-3)48(34)59)31-21-27-45(69-31)41-23(15-17-65-41)51(5,6)63-27/h15-22H,11-14H2,1-10H3. The van der Waals surface area contributed by atoms with Crippen molar-refractivity contribution in [3.8, 4) is 46.5 Å². The normalized spacial score (nSPS) is 20.0. The highest BCUT2D eigenvalue weighted by atomic mass is 32.1. The Morgan fingerprint density at radius 1 is 0.400 bits per heavy atom. The zero-order chi connectivity index (χ0) is 48.8. The van der Waals surface area contributed by atoms with Crippen molar-refractivity contribution < 1.29 is 33.4 Å². The van der Waals surface area contributed by atoms with E-state index >= 15 is 0 Å². The van der Waals surface area contributed by atoms with Gasteiger partial charge in [0.2, 0.25) is 0 Å². The highest BCUT2D eigenvalue weighted by molar-refractivity contribution is 7.24. The summed E-state index contributed by atoms with van der Waals surface area (Å²) >= 11 is 9.53. The quantitative estimate of drug-likeness (QED) is 0.149. The Morgan fingerprint density at radius 2 is 0.729 bits per heavy atom. The topological polar surface area (TPSA) is 109 Å². The molecule has 7 aliphatic heterocycles. The number of likely N-dealkylation sites (N-methyl/N-ethyl adjacent to an activating group) is 4. The van der Waals surface area contributed by atoms with E-state index in [9.17, 15) is 19.2 Å². The third-order valence-electron chi connectivity index (χ3n) is 14.4. The van der Waals surface area contributed by atoms with Gasteiger partial charge < -0.3 is 33.8 Å². The Labute approximate surface area is 428 Å². The van der Waals surface area contributed by atoms with Gasteiger partial charge in [0.25, 0.3) is 23.6 Å². The molecule has 4 amide bonds. The van der Waals surface area contributed by atoms with E-state index in [1.54, 1.807) is 76.3 Å². The zero-order valence-corrected chi connectivity index (χ0v) is 44.9. The SMILES string of the molecule is CCN1C(=O)C2=C(c3cc4c(s3)-c3sc(C5=C6C(=O)N(CC)C(c7cc8c(s7)-c7sccc7OC8(C)C)=C6C(=O)N5CC)cc3OC4(C)C)N(CC)C(=O)C2=C1c1cc2c(s1)-c1sccc1C(C)(C)O2. The Bertz CT molecular complexity index is 3570. The maximum Gasteiger partial charge on any atom is 0.261 e. The summed E-state index contributed by atoms with van der Waals surface area (Å²) in [5, 5.41) is 4.12. The van der Waals surface area contributed by atoms with Crippen LogP contribution in [0.25, 0.3) is 52.1 Å². The fourth-order valence-electron chi connectivity index (χ4n) is 11.2. The second kappa shape index (κ2) is 14.8. The third-order valence-corrected chi connectivity index (χ3v) is 21.2. The number of thiophene rings is 6. The van der Waals surface area contributed by atoms with E-state index in [1.807, 2.05) is 65.1 Å². The number of amides is 4. The average Bonchev–Trinajstić information content (AvgIpc) is 4.16. The molecule has 0 spiro atoms. The van der Waals surface area contributed by atoms with Gasteiger partial charge in [-0.15, -0.1) is 68.0 Å². The van der Waals surface area contributed by atoms with Gasteiger partial charge in [-0.25, -0.2) is 0 Å². The Morgan fingerprint density at radius 3 is 1.16 bits per heavy atom. The molecule has 356 valence electrons. The molecule has 0 atom stereocenters. The molecule has 0 bridgehead atoms. The number of carbonyl (C=O) groups excluding carboxylic acids is 4. The number of ether oxygens (including phenoxy) is 3. The van der Waals surface area contributed by atoms with Crippen molar-refractivity contribution in [3.05, 3.63) is 106 Å². The van der Waals surface area contributed by atoms with Crippen molar-refractivity contribution in [1.29, 1.82) is 0 Å². The van der Waals surface area contributed by atoms with E-state index < -0.39 is 16.8 Å². The lowest BCUT2D eigenvalue weighted by molar-refractivity contribution is -0.124. The van der Waals surface area contributed by atoms with Crippen LogP contribution in [0.2, 0.25) is 0 Å². The number of fused-ring (bicyclic) bond motifs is 11. The fourth-order valence-corrected chi connectivity index (χ4v) is 18.6. The van der Waals surface area contributed by atoms with Crippen molar-refractivity contribution in [1.82, 2.24) is 19.6 Å². The molecule has 0 unspecified atom stereocenters. The van der Waals surface area contributed by atoms with E-state index in [0.717, 1.165) is 77.0 Å². The molecule has 13 heterocycles. The molecule has 0 fully saturated rings.